The maximum absolute atomic E-state index is 3.44. The van der Waals surface area contributed by atoms with Crippen molar-refractivity contribution in [1.29, 1.82) is 0 Å². The van der Waals surface area contributed by atoms with Crippen molar-refractivity contribution in [3.63, 3.8) is 0 Å². The lowest BCUT2D eigenvalue weighted by Gasteiger charge is -2.27. The Balaban J connectivity index is 0.000000190. The molecule has 0 aliphatic rings. The van der Waals surface area contributed by atoms with Gasteiger partial charge in [-0.05, 0) is 341 Å². The lowest BCUT2D eigenvalue weighted by molar-refractivity contribution is 1.27. The van der Waals surface area contributed by atoms with E-state index in [0.29, 0.717) is 0 Å². The summed E-state index contributed by atoms with van der Waals surface area (Å²) in [5.74, 6) is 0. The monoisotopic (exact) mass is 1720 g/mol. The van der Waals surface area contributed by atoms with Crippen molar-refractivity contribution in [1.82, 2.24) is 0 Å². The minimum absolute atomic E-state index is 1.08. The zero-order chi connectivity index (χ0) is 85.1. The Labute approximate surface area is 750 Å². The van der Waals surface area contributed by atoms with E-state index in [-0.39, 0.29) is 0 Å². The minimum atomic E-state index is 1.08. The average molecular weight is 1720 g/mol. The molecule has 0 amide bonds. The van der Waals surface area contributed by atoms with Gasteiger partial charge in [-0.15, -0.1) is 0 Å². The highest BCUT2D eigenvalue weighted by Crippen LogP contribution is 2.44. The highest BCUT2D eigenvalue weighted by molar-refractivity contribution is 14.1. The molecule has 6 nitrogen and oxygen atoms in total. The molecule has 604 valence electrons. The molecule has 19 rings (SSSR count). The largest absolute Gasteiger partial charge is 0.356 e. The number of anilines is 17. The molecule has 0 atom stereocenters. The number of hydrogen-bond acceptors (Lipinski definition) is 6. The summed E-state index contributed by atoms with van der Waals surface area (Å²) >= 11 is 2.32. The van der Waals surface area contributed by atoms with Gasteiger partial charge in [0.1, 0.15) is 0 Å². The molecular formula is C118H95IN6. The van der Waals surface area contributed by atoms with Gasteiger partial charge in [0.15, 0.2) is 0 Å². The van der Waals surface area contributed by atoms with Crippen molar-refractivity contribution < 1.29 is 0 Å². The molecule has 1 N–H and O–H groups in total. The molecule has 125 heavy (non-hydrogen) atoms. The van der Waals surface area contributed by atoms with Crippen LogP contribution in [-0.4, -0.2) is 0 Å². The molecule has 0 aliphatic heterocycles. The summed E-state index contributed by atoms with van der Waals surface area (Å²) in [5, 5.41) is 3.44. The first-order valence-corrected chi connectivity index (χ1v) is 43.5. The van der Waals surface area contributed by atoms with Crippen molar-refractivity contribution in [3.05, 3.63) is 523 Å². The van der Waals surface area contributed by atoms with Gasteiger partial charge in [0, 0.05) is 100 Å². The number of benzene rings is 19. The summed E-state index contributed by atoms with van der Waals surface area (Å²) in [4.78, 5) is 11.6. The first-order valence-electron chi connectivity index (χ1n) is 42.4. The molecule has 0 bridgehead atoms. The summed E-state index contributed by atoms with van der Waals surface area (Å²) in [5.41, 5.74) is 35.8. The number of hydrogen-bond donors (Lipinski definition) is 1. The van der Waals surface area contributed by atoms with Crippen LogP contribution in [0.15, 0.2) is 497 Å². The number of nitrogens with zero attached hydrogens (tertiary/aromatic N) is 5. The standard InChI is InChI=1S/C74H58N4.C31H26N2.C13H11I/c1-55-17-15-27-73(53-55)77(65-23-11-5-12-24-65)71-49-37-61(38-50-71)59-33-45-69(46-34-59)75(63-19-7-3-8-20-63)67-41-29-57(30-42-67)58-31-43-68(44-32-58)76(64-21-9-4-10-22-64)70-47-35-60(36-48-70)62-39-51-72(52-40-62)78(66-25-13-6-14-26-66)74-28-16-18-56(2)54-74;1-24-9-8-14-31(23-24)33(29-12-6-3-7-13-29)30-21-17-26(18-22-30)25-15-19-28(20-16-25)32-27-10-4-2-5-11-27;1-10-2-4-11(5-3-10)12-6-8-13(14)9-7-12/h3-54H,1-2H3;2-23,32H,1H3;2-9H,1H3. The fourth-order valence-corrected chi connectivity index (χ4v) is 16.2. The molecule has 0 heterocycles. The number of rotatable bonds is 22. The summed E-state index contributed by atoms with van der Waals surface area (Å²) in [6, 6.07) is 177. The Morgan fingerprint density at radius 3 is 0.536 bits per heavy atom. The first-order chi connectivity index (χ1) is 61.5. The normalized spacial score (nSPS) is 10.8. The molecule has 0 spiro atoms. The number of para-hydroxylation sites is 6. The van der Waals surface area contributed by atoms with Crippen LogP contribution >= 0.6 is 22.6 Å². The van der Waals surface area contributed by atoms with Gasteiger partial charge in [0.25, 0.3) is 0 Å². The summed E-state index contributed by atoms with van der Waals surface area (Å²) in [7, 11) is 0. The molecule has 0 aliphatic carbocycles. The van der Waals surface area contributed by atoms with Crippen LogP contribution in [0.5, 0.6) is 0 Å². The molecule has 0 saturated heterocycles. The average Bonchev–Trinajstić information content (AvgIpc) is 0.795. The molecule has 19 aromatic rings. The van der Waals surface area contributed by atoms with Crippen molar-refractivity contribution in [2.24, 2.45) is 0 Å². The van der Waals surface area contributed by atoms with Gasteiger partial charge >= 0.3 is 0 Å². The van der Waals surface area contributed by atoms with Crippen LogP contribution in [0.4, 0.5) is 96.7 Å². The Morgan fingerprint density at radius 2 is 0.312 bits per heavy atom. The quantitative estimate of drug-likeness (QED) is 0.0680. The van der Waals surface area contributed by atoms with Gasteiger partial charge in [-0.1, -0.05) is 285 Å². The third-order valence-corrected chi connectivity index (χ3v) is 23.0. The van der Waals surface area contributed by atoms with Crippen LogP contribution < -0.4 is 29.8 Å². The summed E-state index contributed by atoms with van der Waals surface area (Å²) in [6.07, 6.45) is 0. The number of aryl methyl sites for hydroxylation is 4. The Bertz CT molecular complexity index is 6330. The molecule has 19 aromatic carbocycles. The van der Waals surface area contributed by atoms with Crippen LogP contribution in [0.2, 0.25) is 0 Å². The van der Waals surface area contributed by atoms with Crippen LogP contribution in [0, 0.1) is 31.3 Å². The highest BCUT2D eigenvalue weighted by Gasteiger charge is 2.20. The summed E-state index contributed by atoms with van der Waals surface area (Å²) < 4.78 is 1.28. The van der Waals surface area contributed by atoms with Gasteiger partial charge in [-0.25, -0.2) is 0 Å². The van der Waals surface area contributed by atoms with Crippen molar-refractivity contribution in [2.75, 3.05) is 29.8 Å². The number of nitrogens with one attached hydrogen (secondary N) is 1. The molecule has 0 unspecified atom stereocenters. The zero-order valence-corrected chi connectivity index (χ0v) is 72.6. The van der Waals surface area contributed by atoms with E-state index in [0.717, 1.165) is 130 Å². The fraction of sp³-hybridized carbons (Fsp3) is 0.0339. The van der Waals surface area contributed by atoms with E-state index in [4.69, 9.17) is 0 Å². The Kier molecular flexibility index (Phi) is 25.9. The highest BCUT2D eigenvalue weighted by atomic mass is 127. The maximum Gasteiger partial charge on any atom is 0.0464 e. The first kappa shape index (κ1) is 82.0. The van der Waals surface area contributed by atoms with Gasteiger partial charge in [-0.3, -0.25) is 0 Å². The topological polar surface area (TPSA) is 28.2 Å². The lowest BCUT2D eigenvalue weighted by atomic mass is 10.0. The lowest BCUT2D eigenvalue weighted by Crippen LogP contribution is -2.10. The Morgan fingerprint density at radius 1 is 0.144 bits per heavy atom. The van der Waals surface area contributed by atoms with E-state index in [9.17, 15) is 0 Å². The molecule has 7 heteroatoms. The van der Waals surface area contributed by atoms with E-state index in [1.165, 1.54) is 48.1 Å². The third-order valence-electron chi connectivity index (χ3n) is 22.2. The van der Waals surface area contributed by atoms with E-state index >= 15 is 0 Å². The van der Waals surface area contributed by atoms with Crippen molar-refractivity contribution in [2.45, 2.75) is 27.7 Å². The SMILES string of the molecule is Cc1ccc(-c2ccc(I)cc2)cc1.Cc1cccc(N(c2ccccc2)c2ccc(-c3ccc(N(c4ccccc4)c4ccc(-c5ccc(N(c6ccccc6)c6ccc(-c7ccc(N(c8ccccc8)c8cccc(C)c8)cc7)cc6)cc5)cc4)cc3)cc2)c1.Cc1cccc(N(c2ccccc2)c2ccc(-c3ccc(Nc4ccccc4)cc3)cc2)c1. The van der Waals surface area contributed by atoms with Gasteiger partial charge < -0.3 is 29.8 Å². The second-order valence-corrected chi connectivity index (χ2v) is 32.4. The molecule has 0 radical (unpaired) electrons. The van der Waals surface area contributed by atoms with Crippen LogP contribution in [0.25, 0.3) is 55.6 Å². The van der Waals surface area contributed by atoms with Crippen LogP contribution in [0.3, 0.4) is 0 Å². The van der Waals surface area contributed by atoms with Gasteiger partial charge in [-0.2, -0.15) is 0 Å². The predicted octanol–water partition coefficient (Wildman–Crippen LogP) is 34.3. The molecule has 0 fully saturated rings. The smallest absolute Gasteiger partial charge is 0.0464 e. The summed E-state index contributed by atoms with van der Waals surface area (Å²) in [6.45, 7) is 8.52. The molecular weight excluding hydrogens is 1630 g/mol. The maximum atomic E-state index is 3.44. The van der Waals surface area contributed by atoms with Crippen molar-refractivity contribution in [3.8, 4) is 55.6 Å². The van der Waals surface area contributed by atoms with E-state index in [1.807, 2.05) is 18.2 Å². The van der Waals surface area contributed by atoms with E-state index in [1.54, 1.807) is 0 Å². The number of halogens is 1. The third kappa shape index (κ3) is 20.3. The van der Waals surface area contributed by atoms with E-state index in [2.05, 4.69) is 559 Å². The minimum Gasteiger partial charge on any atom is -0.356 e. The van der Waals surface area contributed by atoms with Gasteiger partial charge in [0.05, 0.1) is 0 Å². The van der Waals surface area contributed by atoms with E-state index < -0.39 is 0 Å². The predicted molar refractivity (Wildman–Crippen MR) is 541 cm³/mol. The fourth-order valence-electron chi connectivity index (χ4n) is 15.9. The second-order valence-electron chi connectivity index (χ2n) is 31.1. The van der Waals surface area contributed by atoms with Crippen LogP contribution in [-0.2, 0) is 0 Å². The van der Waals surface area contributed by atoms with Gasteiger partial charge in [0.2, 0.25) is 0 Å². The van der Waals surface area contributed by atoms with Crippen molar-refractivity contribution >= 4 is 119 Å². The molecule has 0 saturated carbocycles. The second kappa shape index (κ2) is 39.5. The van der Waals surface area contributed by atoms with Crippen LogP contribution in [0.1, 0.15) is 22.3 Å². The molecule has 0 aromatic heterocycles. The zero-order valence-electron chi connectivity index (χ0n) is 70.5. The Hall–Kier alpha value is -15.3.